The molecule has 2 aromatic heterocycles. The lowest BCUT2D eigenvalue weighted by Crippen LogP contribution is -2.10. The number of hydrogen-bond acceptors (Lipinski definition) is 2. The van der Waals surface area contributed by atoms with Gasteiger partial charge in [-0.05, 0) is 166 Å². The van der Waals surface area contributed by atoms with Gasteiger partial charge < -0.3 is 18.9 Å². The first-order valence-electron chi connectivity index (χ1n) is 28.1. The number of fused-ring (bicyclic) bond motifs is 6. The van der Waals surface area contributed by atoms with Crippen LogP contribution in [0.3, 0.4) is 0 Å². The second-order valence-corrected chi connectivity index (χ2v) is 21.0. The van der Waals surface area contributed by atoms with Gasteiger partial charge in [-0.15, -0.1) is 0 Å². The van der Waals surface area contributed by atoms with Crippen LogP contribution in [0.2, 0.25) is 0 Å². The minimum Gasteiger partial charge on any atom is -0.310 e. The van der Waals surface area contributed by atoms with E-state index in [1.807, 2.05) is 0 Å². The van der Waals surface area contributed by atoms with Crippen molar-refractivity contribution in [3.8, 4) is 55.9 Å². The van der Waals surface area contributed by atoms with Crippen molar-refractivity contribution < 1.29 is 0 Å². The molecule has 0 saturated carbocycles. The van der Waals surface area contributed by atoms with Crippen molar-refractivity contribution in [1.82, 2.24) is 9.13 Å². The molecule has 82 heavy (non-hydrogen) atoms. The molecule has 0 N–H and O–H groups in total. The number of anilines is 6. The second-order valence-electron chi connectivity index (χ2n) is 21.0. The van der Waals surface area contributed by atoms with Gasteiger partial charge in [0.1, 0.15) is 0 Å². The van der Waals surface area contributed by atoms with Gasteiger partial charge in [0.2, 0.25) is 0 Å². The lowest BCUT2D eigenvalue weighted by Gasteiger charge is -2.27. The summed E-state index contributed by atoms with van der Waals surface area (Å²) in [6, 6.07) is 119. The van der Waals surface area contributed by atoms with Gasteiger partial charge in [0.15, 0.2) is 0 Å². The van der Waals surface area contributed by atoms with Gasteiger partial charge in [0.05, 0.1) is 22.1 Å². The Labute approximate surface area is 477 Å². The molecule has 4 nitrogen and oxygen atoms in total. The van der Waals surface area contributed by atoms with E-state index < -0.39 is 0 Å². The molecule has 4 heteroatoms. The average Bonchev–Trinajstić information content (AvgIpc) is 4.16. The van der Waals surface area contributed by atoms with Gasteiger partial charge >= 0.3 is 0 Å². The van der Waals surface area contributed by atoms with Crippen molar-refractivity contribution in [2.75, 3.05) is 9.80 Å². The molecule has 0 bridgehead atoms. The van der Waals surface area contributed by atoms with Crippen molar-refractivity contribution in [2.45, 2.75) is 0 Å². The molecule has 15 aromatic rings. The summed E-state index contributed by atoms with van der Waals surface area (Å²) < 4.78 is 4.76. The minimum absolute atomic E-state index is 1.07. The zero-order valence-electron chi connectivity index (χ0n) is 45.0. The van der Waals surface area contributed by atoms with Crippen LogP contribution in [0, 0.1) is 0 Å². The fraction of sp³-hybridized carbons (Fsp3) is 0. The number of aromatic nitrogens is 2. The first kappa shape index (κ1) is 48.2. The van der Waals surface area contributed by atoms with Crippen LogP contribution < -0.4 is 9.80 Å². The summed E-state index contributed by atoms with van der Waals surface area (Å²) in [5, 5.41) is 4.84. The third kappa shape index (κ3) is 8.76. The SMILES string of the molecule is c1ccc(-c2cccc(N(c3cccc(-c4ccc(-c5cccc(N(c6cccc(-c7ccccc7)c6)c6ccc7c(c6)c6ccccc6n7-c6ccccc6)c5)cc4)c3)c3ccc4c(c3)c3ccccc3n4-c3ccccc3)c2)cc1. The Hall–Kier alpha value is -10.9. The summed E-state index contributed by atoms with van der Waals surface area (Å²) in [6.07, 6.45) is 0. The Morgan fingerprint density at radius 3 is 0.793 bits per heavy atom. The topological polar surface area (TPSA) is 16.3 Å². The molecule has 0 unspecified atom stereocenters. The van der Waals surface area contributed by atoms with Gasteiger partial charge in [0.25, 0.3) is 0 Å². The number of para-hydroxylation sites is 4. The van der Waals surface area contributed by atoms with Crippen LogP contribution in [-0.2, 0) is 0 Å². The van der Waals surface area contributed by atoms with Gasteiger partial charge in [-0.2, -0.15) is 0 Å². The molecule has 386 valence electrons. The lowest BCUT2D eigenvalue weighted by atomic mass is 9.98. The highest BCUT2D eigenvalue weighted by Gasteiger charge is 2.21. The van der Waals surface area contributed by atoms with Crippen molar-refractivity contribution in [1.29, 1.82) is 0 Å². The van der Waals surface area contributed by atoms with Crippen LogP contribution in [0.15, 0.2) is 328 Å². The zero-order valence-corrected chi connectivity index (χ0v) is 45.0. The van der Waals surface area contributed by atoms with Crippen molar-refractivity contribution in [3.63, 3.8) is 0 Å². The summed E-state index contributed by atoms with van der Waals surface area (Å²) in [4.78, 5) is 4.81. The highest BCUT2D eigenvalue weighted by atomic mass is 15.1. The number of hydrogen-bond donors (Lipinski definition) is 0. The van der Waals surface area contributed by atoms with Crippen LogP contribution in [0.1, 0.15) is 0 Å². The fourth-order valence-corrected chi connectivity index (χ4v) is 12.2. The highest BCUT2D eigenvalue weighted by Crippen LogP contribution is 2.44. The maximum Gasteiger partial charge on any atom is 0.0542 e. The maximum absolute atomic E-state index is 2.41. The molecule has 0 radical (unpaired) electrons. The second kappa shape index (κ2) is 20.7. The van der Waals surface area contributed by atoms with Crippen LogP contribution >= 0.6 is 0 Å². The molecule has 0 aliphatic heterocycles. The van der Waals surface area contributed by atoms with Crippen LogP contribution in [0.4, 0.5) is 34.1 Å². The molecule has 0 spiro atoms. The normalized spacial score (nSPS) is 11.4. The summed E-state index contributed by atoms with van der Waals surface area (Å²) in [6.45, 7) is 0. The Morgan fingerprint density at radius 1 is 0.171 bits per heavy atom. The van der Waals surface area contributed by atoms with E-state index in [2.05, 4.69) is 347 Å². The van der Waals surface area contributed by atoms with E-state index in [-0.39, 0.29) is 0 Å². The molecular formula is C78H54N4. The van der Waals surface area contributed by atoms with E-state index in [4.69, 9.17) is 0 Å². The largest absolute Gasteiger partial charge is 0.310 e. The van der Waals surface area contributed by atoms with Gasteiger partial charge in [0, 0.05) is 67.0 Å². The van der Waals surface area contributed by atoms with Crippen LogP contribution in [-0.4, -0.2) is 9.13 Å². The molecule has 0 amide bonds. The molecule has 0 aliphatic carbocycles. The summed E-state index contributed by atoms with van der Waals surface area (Å²) in [5.74, 6) is 0. The molecular weight excluding hydrogens is 993 g/mol. The quantitative estimate of drug-likeness (QED) is 0.121. The van der Waals surface area contributed by atoms with Gasteiger partial charge in [-0.3, -0.25) is 0 Å². The van der Waals surface area contributed by atoms with E-state index >= 15 is 0 Å². The predicted molar refractivity (Wildman–Crippen MR) is 346 cm³/mol. The smallest absolute Gasteiger partial charge is 0.0542 e. The Balaban J connectivity index is 0.811. The first-order chi connectivity index (χ1) is 40.7. The monoisotopic (exact) mass is 1050 g/mol. The number of benzene rings is 13. The van der Waals surface area contributed by atoms with Crippen molar-refractivity contribution in [3.05, 3.63) is 328 Å². The number of rotatable bonds is 12. The Bertz CT molecular complexity index is 4480. The molecule has 0 fully saturated rings. The van der Waals surface area contributed by atoms with E-state index in [1.54, 1.807) is 0 Å². The van der Waals surface area contributed by atoms with Crippen molar-refractivity contribution >= 4 is 77.7 Å². The van der Waals surface area contributed by atoms with Crippen molar-refractivity contribution in [2.24, 2.45) is 0 Å². The lowest BCUT2D eigenvalue weighted by molar-refractivity contribution is 1.18. The van der Waals surface area contributed by atoms with Crippen LogP contribution in [0.5, 0.6) is 0 Å². The summed E-state index contributed by atoms with van der Waals surface area (Å²) in [7, 11) is 0. The molecule has 2 heterocycles. The molecule has 13 aromatic carbocycles. The van der Waals surface area contributed by atoms with Crippen LogP contribution in [0.25, 0.3) is 99.5 Å². The minimum atomic E-state index is 1.07. The molecule has 0 atom stereocenters. The fourth-order valence-electron chi connectivity index (χ4n) is 12.2. The van der Waals surface area contributed by atoms with E-state index in [9.17, 15) is 0 Å². The third-order valence-electron chi connectivity index (χ3n) is 16.0. The third-order valence-corrected chi connectivity index (χ3v) is 16.0. The van der Waals surface area contributed by atoms with Gasteiger partial charge in [-0.25, -0.2) is 0 Å². The van der Waals surface area contributed by atoms with E-state index in [0.29, 0.717) is 0 Å². The predicted octanol–water partition coefficient (Wildman–Crippen LogP) is 21.5. The Kier molecular flexibility index (Phi) is 12.2. The average molecular weight is 1050 g/mol. The van der Waals surface area contributed by atoms with E-state index in [1.165, 1.54) is 54.7 Å². The Morgan fingerprint density at radius 2 is 0.439 bits per heavy atom. The summed E-state index contributed by atoms with van der Waals surface area (Å²) >= 11 is 0. The number of nitrogens with zero attached hydrogens (tertiary/aromatic N) is 4. The zero-order chi connectivity index (χ0) is 54.3. The standard InChI is InChI=1S/C78H54N4/c1-5-21-55(22-6-1)59-25-17-33-65(49-59)79(69-45-47-77-73(53-69)71-37-13-15-39-75(71)81(77)63-29-9-3-10-30-63)67-35-19-27-61(51-67)57-41-43-58(44-42-57)62-28-20-36-68(52-62)80(66-34-18-26-60(50-66)56-23-7-2-8-24-56)70-46-48-78-74(54-70)72-38-14-16-40-76(72)82(78)64-31-11-4-12-32-64/h1-54H. The maximum atomic E-state index is 2.41. The first-order valence-corrected chi connectivity index (χ1v) is 28.1. The van der Waals surface area contributed by atoms with E-state index in [0.717, 1.165) is 78.9 Å². The molecule has 0 aliphatic rings. The highest BCUT2D eigenvalue weighted by molar-refractivity contribution is 6.12. The summed E-state index contributed by atoms with van der Waals surface area (Å²) in [5.41, 5.74) is 22.7. The molecule has 0 saturated heterocycles. The van der Waals surface area contributed by atoms with Gasteiger partial charge in [-0.1, -0.05) is 206 Å². The molecule has 15 rings (SSSR count).